The summed E-state index contributed by atoms with van der Waals surface area (Å²) in [6.45, 7) is 21.9. The van der Waals surface area contributed by atoms with Crippen LogP contribution in [0.2, 0.25) is 0 Å². The zero-order valence-corrected chi connectivity index (χ0v) is 27.0. The Hall–Kier alpha value is -0.0800. The Balaban J connectivity index is 3.33. The first-order valence-electron chi connectivity index (χ1n) is 16.0. The van der Waals surface area contributed by atoms with E-state index in [9.17, 15) is 0 Å². The van der Waals surface area contributed by atoms with Crippen LogP contribution in [0.5, 0.6) is 0 Å². The Labute approximate surface area is 229 Å². The van der Waals surface area contributed by atoms with E-state index in [4.69, 9.17) is 9.47 Å². The van der Waals surface area contributed by atoms with Crippen LogP contribution in [0, 0.1) is 0 Å². The fourth-order valence-electron chi connectivity index (χ4n) is 5.69. The van der Waals surface area contributed by atoms with Crippen LogP contribution in [0.15, 0.2) is 0 Å². The van der Waals surface area contributed by atoms with E-state index in [1.807, 2.05) is 0 Å². The first kappa shape index (κ1) is 35.9. The minimum atomic E-state index is -0.0382. The van der Waals surface area contributed by atoms with Crippen molar-refractivity contribution in [2.75, 3.05) is 0 Å². The topological polar surface area (TPSA) is 18.5 Å². The van der Waals surface area contributed by atoms with Crippen LogP contribution in [-0.4, -0.2) is 22.4 Å². The second kappa shape index (κ2) is 19.1. The quantitative estimate of drug-likeness (QED) is 0.127. The SMILES string of the molecule is CC(C)(C)OC(C)(C)CCCCCCCCCCCCCCCCCCCCC(C)(C)OC(C)(C)C. The average molecular weight is 511 g/mol. The molecule has 0 aromatic rings. The van der Waals surface area contributed by atoms with Gasteiger partial charge in [0.25, 0.3) is 0 Å². The fraction of sp³-hybridized carbons (Fsp3) is 1.00. The summed E-state index contributed by atoms with van der Waals surface area (Å²) in [6.07, 6.45) is 27.8. The summed E-state index contributed by atoms with van der Waals surface area (Å²) in [5, 5.41) is 0. The number of hydrogen-bond acceptors (Lipinski definition) is 2. The van der Waals surface area contributed by atoms with Crippen LogP contribution in [0.3, 0.4) is 0 Å². The first-order valence-corrected chi connectivity index (χ1v) is 16.0. The molecule has 0 fully saturated rings. The van der Waals surface area contributed by atoms with Crippen LogP contribution in [0.25, 0.3) is 0 Å². The molecule has 0 amide bonds. The highest BCUT2D eigenvalue weighted by molar-refractivity contribution is 4.75. The fourth-order valence-corrected chi connectivity index (χ4v) is 5.69. The largest absolute Gasteiger partial charge is 0.370 e. The van der Waals surface area contributed by atoms with Gasteiger partial charge in [-0.15, -0.1) is 0 Å². The molecule has 0 aliphatic heterocycles. The normalized spacial score (nSPS) is 13.5. The second-order valence-electron chi connectivity index (χ2n) is 14.8. The minimum absolute atomic E-state index is 0.0116. The van der Waals surface area contributed by atoms with E-state index in [-0.39, 0.29) is 22.4 Å². The lowest BCUT2D eigenvalue weighted by Gasteiger charge is -2.34. The summed E-state index contributed by atoms with van der Waals surface area (Å²) < 4.78 is 12.4. The Morgan fingerprint density at radius 2 is 0.444 bits per heavy atom. The van der Waals surface area contributed by atoms with Gasteiger partial charge in [-0.05, 0) is 82.1 Å². The maximum absolute atomic E-state index is 6.18. The molecule has 0 saturated heterocycles. The Morgan fingerprint density at radius 1 is 0.278 bits per heavy atom. The Morgan fingerprint density at radius 3 is 0.611 bits per heavy atom. The molecular weight excluding hydrogens is 440 g/mol. The molecule has 0 saturated carbocycles. The van der Waals surface area contributed by atoms with Gasteiger partial charge in [0.1, 0.15) is 0 Å². The van der Waals surface area contributed by atoms with Crippen molar-refractivity contribution < 1.29 is 9.47 Å². The molecule has 0 atom stereocenters. The van der Waals surface area contributed by atoms with Crippen molar-refractivity contribution >= 4 is 0 Å². The molecule has 0 aliphatic rings. The van der Waals surface area contributed by atoms with Gasteiger partial charge >= 0.3 is 0 Å². The zero-order chi connectivity index (χ0) is 27.6. The van der Waals surface area contributed by atoms with Gasteiger partial charge in [-0.25, -0.2) is 0 Å². The highest BCUT2D eigenvalue weighted by atomic mass is 16.5. The predicted molar refractivity (Wildman–Crippen MR) is 162 cm³/mol. The molecule has 218 valence electrons. The van der Waals surface area contributed by atoms with E-state index >= 15 is 0 Å². The third-order valence-electron chi connectivity index (χ3n) is 6.97. The molecule has 0 aromatic heterocycles. The van der Waals surface area contributed by atoms with Gasteiger partial charge in [0.15, 0.2) is 0 Å². The summed E-state index contributed by atoms with van der Waals surface area (Å²) >= 11 is 0. The Kier molecular flexibility index (Phi) is 19.0. The summed E-state index contributed by atoms with van der Waals surface area (Å²) in [5.41, 5.74) is -0.0532. The molecule has 0 aromatic carbocycles. The van der Waals surface area contributed by atoms with Gasteiger partial charge in [0, 0.05) is 0 Å². The van der Waals surface area contributed by atoms with Crippen molar-refractivity contribution in [3.05, 3.63) is 0 Å². The first-order chi connectivity index (χ1) is 16.6. The van der Waals surface area contributed by atoms with E-state index in [1.165, 1.54) is 128 Å². The molecule has 36 heavy (non-hydrogen) atoms. The molecule has 0 spiro atoms. The van der Waals surface area contributed by atoms with E-state index in [0.717, 1.165) is 0 Å². The van der Waals surface area contributed by atoms with Crippen LogP contribution in [0.1, 0.15) is 198 Å². The average Bonchev–Trinajstić information content (AvgIpc) is 2.68. The number of ether oxygens (including phenoxy) is 2. The van der Waals surface area contributed by atoms with Crippen molar-refractivity contribution in [3.63, 3.8) is 0 Å². The molecule has 0 N–H and O–H groups in total. The van der Waals surface area contributed by atoms with Crippen molar-refractivity contribution in [1.82, 2.24) is 0 Å². The third-order valence-corrected chi connectivity index (χ3v) is 6.97. The molecule has 2 heteroatoms. The Bertz CT molecular complexity index is 446. The summed E-state index contributed by atoms with van der Waals surface area (Å²) in [5.74, 6) is 0. The molecule has 0 heterocycles. The zero-order valence-electron chi connectivity index (χ0n) is 27.0. The minimum Gasteiger partial charge on any atom is -0.370 e. The van der Waals surface area contributed by atoms with Gasteiger partial charge in [0.2, 0.25) is 0 Å². The van der Waals surface area contributed by atoms with E-state index in [0.29, 0.717) is 0 Å². The number of rotatable bonds is 23. The van der Waals surface area contributed by atoms with E-state index in [1.54, 1.807) is 0 Å². The highest BCUT2D eigenvalue weighted by Gasteiger charge is 2.25. The monoisotopic (exact) mass is 511 g/mol. The van der Waals surface area contributed by atoms with Crippen LogP contribution >= 0.6 is 0 Å². The smallest absolute Gasteiger partial charge is 0.0633 e. The molecule has 0 radical (unpaired) electrons. The lowest BCUT2D eigenvalue weighted by Crippen LogP contribution is -2.34. The van der Waals surface area contributed by atoms with Crippen LogP contribution < -0.4 is 0 Å². The molecule has 0 rings (SSSR count). The molecule has 0 unspecified atom stereocenters. The van der Waals surface area contributed by atoms with E-state index < -0.39 is 0 Å². The van der Waals surface area contributed by atoms with Gasteiger partial charge in [0.05, 0.1) is 22.4 Å². The number of unbranched alkanes of at least 4 members (excludes halogenated alkanes) is 17. The maximum atomic E-state index is 6.18. The van der Waals surface area contributed by atoms with Gasteiger partial charge < -0.3 is 9.47 Å². The van der Waals surface area contributed by atoms with E-state index in [2.05, 4.69) is 69.2 Å². The second-order valence-corrected chi connectivity index (χ2v) is 14.8. The third kappa shape index (κ3) is 27.0. The van der Waals surface area contributed by atoms with Gasteiger partial charge in [-0.1, -0.05) is 116 Å². The predicted octanol–water partition coefficient (Wildman–Crippen LogP) is 12.0. The highest BCUT2D eigenvalue weighted by Crippen LogP contribution is 2.26. The van der Waals surface area contributed by atoms with Crippen LogP contribution in [-0.2, 0) is 9.47 Å². The summed E-state index contributed by atoms with van der Waals surface area (Å²) in [4.78, 5) is 0. The lowest BCUT2D eigenvalue weighted by molar-refractivity contribution is -0.117. The van der Waals surface area contributed by atoms with Gasteiger partial charge in [-0.3, -0.25) is 0 Å². The van der Waals surface area contributed by atoms with Crippen molar-refractivity contribution in [2.24, 2.45) is 0 Å². The lowest BCUT2D eigenvalue weighted by atomic mass is 9.97. The summed E-state index contributed by atoms with van der Waals surface area (Å²) in [6, 6.07) is 0. The molecule has 0 aliphatic carbocycles. The molecule has 0 bridgehead atoms. The number of hydrogen-bond donors (Lipinski definition) is 0. The summed E-state index contributed by atoms with van der Waals surface area (Å²) in [7, 11) is 0. The van der Waals surface area contributed by atoms with Gasteiger partial charge in [-0.2, -0.15) is 0 Å². The standard InChI is InChI=1S/C34H70O2/c1-31(2,3)35-33(7,8)29-27-25-23-21-19-17-15-13-11-12-14-16-18-20-22-24-26-28-30-34(9,10)36-32(4,5)6/h11-30H2,1-10H3. The van der Waals surface area contributed by atoms with Crippen molar-refractivity contribution in [1.29, 1.82) is 0 Å². The maximum Gasteiger partial charge on any atom is 0.0633 e. The molecule has 2 nitrogen and oxygen atoms in total. The van der Waals surface area contributed by atoms with Crippen LogP contribution in [0.4, 0.5) is 0 Å². The van der Waals surface area contributed by atoms with Crippen molar-refractivity contribution in [2.45, 2.75) is 220 Å². The van der Waals surface area contributed by atoms with Crippen molar-refractivity contribution in [3.8, 4) is 0 Å². The molecular formula is C34H70O2.